The number of benzene rings is 2. The van der Waals surface area contributed by atoms with E-state index in [1.165, 1.54) is 0 Å². The third-order valence-corrected chi connectivity index (χ3v) is 3.77. The molecule has 1 aromatic heterocycles. The second-order valence-corrected chi connectivity index (χ2v) is 5.40. The first-order chi connectivity index (χ1) is 11.3. The number of pyridine rings is 1. The highest BCUT2D eigenvalue weighted by Crippen LogP contribution is 2.32. The molecule has 1 aliphatic rings. The van der Waals surface area contributed by atoms with Gasteiger partial charge in [0.15, 0.2) is 17.3 Å². The molecule has 23 heavy (non-hydrogen) atoms. The highest BCUT2D eigenvalue weighted by molar-refractivity contribution is 5.83. The van der Waals surface area contributed by atoms with Crippen molar-refractivity contribution in [1.29, 1.82) is 0 Å². The van der Waals surface area contributed by atoms with Crippen LogP contribution < -0.4 is 9.47 Å². The third kappa shape index (κ3) is 2.73. The molecule has 0 unspecified atom stereocenters. The van der Waals surface area contributed by atoms with E-state index in [1.54, 1.807) is 0 Å². The largest absolute Gasteiger partial charge is 0.454 e. The monoisotopic (exact) mass is 305 g/mol. The normalized spacial score (nSPS) is 13.1. The van der Waals surface area contributed by atoms with E-state index in [-0.39, 0.29) is 6.79 Å². The minimum atomic E-state index is 0.278. The predicted octanol–water partition coefficient (Wildman–Crippen LogP) is 4.56. The molecule has 5 nitrogen and oxygen atoms in total. The summed E-state index contributed by atoms with van der Waals surface area (Å²) in [6, 6.07) is 15.8. The van der Waals surface area contributed by atoms with Gasteiger partial charge in [0.2, 0.25) is 6.79 Å². The molecule has 0 bridgehead atoms. The fourth-order valence-electron chi connectivity index (χ4n) is 2.61. The van der Waals surface area contributed by atoms with Gasteiger partial charge in [-0.3, -0.25) is 0 Å². The van der Waals surface area contributed by atoms with Gasteiger partial charge in [-0.25, -0.2) is 4.98 Å². The summed E-state index contributed by atoms with van der Waals surface area (Å²) in [6.07, 6.45) is 0. The highest BCUT2D eigenvalue weighted by Gasteiger charge is 2.12. The van der Waals surface area contributed by atoms with E-state index < -0.39 is 0 Å². The first-order valence-corrected chi connectivity index (χ1v) is 7.42. The van der Waals surface area contributed by atoms with Gasteiger partial charge in [0.05, 0.1) is 12.1 Å². The van der Waals surface area contributed by atoms with Crippen LogP contribution in [0.4, 0.5) is 5.82 Å². The molecule has 0 fully saturated rings. The predicted molar refractivity (Wildman–Crippen MR) is 87.3 cm³/mol. The van der Waals surface area contributed by atoms with Crippen LogP contribution in [0.2, 0.25) is 0 Å². The second-order valence-electron chi connectivity index (χ2n) is 5.40. The average molecular weight is 305 g/mol. The zero-order chi connectivity index (χ0) is 15.6. The SMILES string of the molecule is Cc1cc(N=NCc2ccc3c(c2)OCO3)nc2ccccc12. The van der Waals surface area contributed by atoms with Crippen molar-refractivity contribution in [2.45, 2.75) is 13.5 Å². The molecule has 2 heterocycles. The Morgan fingerprint density at radius 2 is 1.91 bits per heavy atom. The summed E-state index contributed by atoms with van der Waals surface area (Å²) in [5.74, 6) is 2.16. The lowest BCUT2D eigenvalue weighted by molar-refractivity contribution is 0.174. The molecule has 0 aliphatic carbocycles. The van der Waals surface area contributed by atoms with Gasteiger partial charge in [-0.2, -0.15) is 5.11 Å². The lowest BCUT2D eigenvalue weighted by Crippen LogP contribution is -1.92. The summed E-state index contributed by atoms with van der Waals surface area (Å²) in [5, 5.41) is 9.64. The van der Waals surface area contributed by atoms with Crippen molar-refractivity contribution < 1.29 is 9.47 Å². The number of hydrogen-bond acceptors (Lipinski definition) is 5. The number of hydrogen-bond donors (Lipinski definition) is 0. The third-order valence-electron chi connectivity index (χ3n) is 3.77. The number of para-hydroxylation sites is 1. The Bertz CT molecular complexity index is 906. The number of ether oxygens (including phenoxy) is 2. The van der Waals surface area contributed by atoms with Crippen LogP contribution in [0.1, 0.15) is 11.1 Å². The summed E-state index contributed by atoms with van der Waals surface area (Å²) in [5.41, 5.74) is 3.10. The molecule has 3 aromatic rings. The topological polar surface area (TPSA) is 56.1 Å². The summed E-state index contributed by atoms with van der Waals surface area (Å²) >= 11 is 0. The number of azo groups is 1. The van der Waals surface area contributed by atoms with Crippen LogP contribution in [-0.4, -0.2) is 11.8 Å². The summed E-state index contributed by atoms with van der Waals surface area (Å²) in [4.78, 5) is 4.52. The van der Waals surface area contributed by atoms with Gasteiger partial charge in [-0.15, -0.1) is 5.11 Å². The van der Waals surface area contributed by atoms with Crippen molar-refractivity contribution in [2.75, 3.05) is 6.79 Å². The summed E-state index contributed by atoms with van der Waals surface area (Å²) < 4.78 is 10.7. The Morgan fingerprint density at radius 3 is 2.87 bits per heavy atom. The molecule has 5 heteroatoms. The van der Waals surface area contributed by atoms with Crippen molar-refractivity contribution in [3.8, 4) is 11.5 Å². The maximum Gasteiger partial charge on any atom is 0.231 e. The van der Waals surface area contributed by atoms with Gasteiger partial charge in [0.1, 0.15) is 0 Å². The van der Waals surface area contributed by atoms with E-state index >= 15 is 0 Å². The zero-order valence-electron chi connectivity index (χ0n) is 12.7. The fraction of sp³-hybridized carbons (Fsp3) is 0.167. The minimum Gasteiger partial charge on any atom is -0.454 e. The van der Waals surface area contributed by atoms with E-state index in [0.717, 1.165) is 33.5 Å². The quantitative estimate of drug-likeness (QED) is 0.667. The van der Waals surface area contributed by atoms with E-state index in [4.69, 9.17) is 9.47 Å². The highest BCUT2D eigenvalue weighted by atomic mass is 16.7. The average Bonchev–Trinajstić information content (AvgIpc) is 3.03. The second kappa shape index (κ2) is 5.68. The Morgan fingerprint density at radius 1 is 1.04 bits per heavy atom. The van der Waals surface area contributed by atoms with Gasteiger partial charge in [-0.1, -0.05) is 24.3 Å². The van der Waals surface area contributed by atoms with Gasteiger partial charge >= 0.3 is 0 Å². The van der Waals surface area contributed by atoms with Crippen molar-refractivity contribution >= 4 is 16.7 Å². The zero-order valence-corrected chi connectivity index (χ0v) is 12.7. The lowest BCUT2D eigenvalue weighted by Gasteiger charge is -2.02. The summed E-state index contributed by atoms with van der Waals surface area (Å²) in [7, 11) is 0. The van der Waals surface area contributed by atoms with Gasteiger partial charge in [0, 0.05) is 5.39 Å². The molecule has 0 radical (unpaired) electrons. The minimum absolute atomic E-state index is 0.278. The van der Waals surface area contributed by atoms with E-state index in [0.29, 0.717) is 12.4 Å². The number of rotatable bonds is 3. The van der Waals surface area contributed by atoms with Crippen LogP contribution >= 0.6 is 0 Å². The maximum atomic E-state index is 5.36. The molecule has 4 rings (SSSR count). The van der Waals surface area contributed by atoms with Crippen molar-refractivity contribution in [3.05, 3.63) is 59.7 Å². The number of aryl methyl sites for hydroxylation is 1. The molecule has 1 aliphatic heterocycles. The van der Waals surface area contributed by atoms with Crippen LogP contribution in [0.25, 0.3) is 10.9 Å². The molecule has 0 atom stereocenters. The Hall–Kier alpha value is -2.95. The van der Waals surface area contributed by atoms with Crippen molar-refractivity contribution in [3.63, 3.8) is 0 Å². The first kappa shape index (κ1) is 13.7. The van der Waals surface area contributed by atoms with E-state index in [2.05, 4.69) is 28.2 Å². The molecule has 0 saturated carbocycles. The Balaban J connectivity index is 1.55. The molecule has 2 aromatic carbocycles. The molecular weight excluding hydrogens is 290 g/mol. The molecule has 0 saturated heterocycles. The first-order valence-electron chi connectivity index (χ1n) is 7.42. The van der Waals surface area contributed by atoms with Gasteiger partial charge in [0.25, 0.3) is 0 Å². The van der Waals surface area contributed by atoms with Crippen molar-refractivity contribution in [1.82, 2.24) is 4.98 Å². The van der Waals surface area contributed by atoms with Gasteiger partial charge in [-0.05, 0) is 42.3 Å². The fourth-order valence-corrected chi connectivity index (χ4v) is 2.61. The Labute approximate surface area is 133 Å². The lowest BCUT2D eigenvalue weighted by atomic mass is 10.1. The molecule has 0 spiro atoms. The van der Waals surface area contributed by atoms with Crippen LogP contribution in [0.15, 0.2) is 58.8 Å². The molecule has 0 N–H and O–H groups in total. The van der Waals surface area contributed by atoms with Crippen molar-refractivity contribution in [2.24, 2.45) is 10.2 Å². The van der Waals surface area contributed by atoms with Crippen LogP contribution in [0.3, 0.4) is 0 Å². The molecule has 114 valence electrons. The standard InChI is InChI=1S/C18H15N3O2/c1-12-8-18(20-15-5-3-2-4-14(12)15)21-19-10-13-6-7-16-17(9-13)23-11-22-16/h2-9H,10-11H2,1H3. The van der Waals surface area contributed by atoms with Crippen LogP contribution in [-0.2, 0) is 6.54 Å². The smallest absolute Gasteiger partial charge is 0.231 e. The number of aromatic nitrogens is 1. The number of fused-ring (bicyclic) bond motifs is 2. The van der Waals surface area contributed by atoms with E-state index in [9.17, 15) is 0 Å². The Kier molecular flexibility index (Phi) is 3.38. The molecule has 0 amide bonds. The van der Waals surface area contributed by atoms with Crippen LogP contribution in [0, 0.1) is 6.92 Å². The maximum absolute atomic E-state index is 5.36. The van der Waals surface area contributed by atoms with Gasteiger partial charge < -0.3 is 9.47 Å². The number of nitrogens with zero attached hydrogens (tertiary/aromatic N) is 3. The van der Waals surface area contributed by atoms with E-state index in [1.807, 2.05) is 42.5 Å². The summed E-state index contributed by atoms with van der Waals surface area (Å²) in [6.45, 7) is 2.81. The van der Waals surface area contributed by atoms with Crippen LogP contribution in [0.5, 0.6) is 11.5 Å². The molecular formula is C18H15N3O2.